The van der Waals surface area contributed by atoms with Crippen molar-refractivity contribution in [2.24, 2.45) is 0 Å². The average molecular weight is 648 g/mol. The van der Waals surface area contributed by atoms with Gasteiger partial charge in [0.25, 0.3) is 0 Å². The van der Waals surface area contributed by atoms with Gasteiger partial charge < -0.3 is 19.5 Å². The maximum atomic E-state index is 12.6. The third-order valence-corrected chi connectivity index (χ3v) is 9.75. The van der Waals surface area contributed by atoms with Gasteiger partial charge in [-0.15, -0.1) is 8.93 Å². The molecule has 5 aromatic rings. The molecule has 0 aromatic heterocycles. The second kappa shape index (κ2) is 14.7. The van der Waals surface area contributed by atoms with Gasteiger partial charge in [0.05, 0.1) is 0 Å². The van der Waals surface area contributed by atoms with Crippen molar-refractivity contribution < 1.29 is 23.8 Å². The molecule has 1 aliphatic rings. The Bertz CT molecular complexity index is 1760. The molecule has 0 spiro atoms. The van der Waals surface area contributed by atoms with Gasteiger partial charge in [0.15, 0.2) is 0 Å². The van der Waals surface area contributed by atoms with E-state index in [1.165, 1.54) is 16.4 Å². The van der Waals surface area contributed by atoms with E-state index in [1.54, 1.807) is 6.92 Å². The van der Waals surface area contributed by atoms with Crippen molar-refractivity contribution in [3.05, 3.63) is 144 Å². The molecule has 8 heteroatoms. The van der Waals surface area contributed by atoms with E-state index in [9.17, 15) is 9.59 Å². The van der Waals surface area contributed by atoms with Crippen LogP contribution in [0.15, 0.2) is 121 Å². The molecule has 1 aliphatic carbocycles. The minimum atomic E-state index is -0.861. The quantitative estimate of drug-likeness (QED) is 0.116. The monoisotopic (exact) mass is 647 g/mol. The van der Waals surface area contributed by atoms with E-state index >= 15 is 0 Å². The normalized spacial score (nSPS) is 12.7. The predicted octanol–water partition coefficient (Wildman–Crippen LogP) is 8.00. The van der Waals surface area contributed by atoms with Gasteiger partial charge in [0, 0.05) is 5.92 Å². The number of fused-ring (bicyclic) bond motifs is 3. The molecule has 232 valence electrons. The van der Waals surface area contributed by atoms with Crippen LogP contribution in [0.1, 0.15) is 35.1 Å². The van der Waals surface area contributed by atoms with Crippen LogP contribution in [0.2, 0.25) is 0 Å². The Kier molecular flexibility index (Phi) is 10.1. The highest BCUT2D eigenvalue weighted by Crippen LogP contribution is 2.44. The largest absolute Gasteiger partial charge is 0.489 e. The Morgan fingerprint density at radius 3 is 1.87 bits per heavy atom. The SMILES string of the molecule is CC(NC(=O)OCC1c2ccccc2-c2ccccc21)C(=O)OCc1ccc(OCc2ccc(-c3ccc(PP)cc3)cc2)cc1. The molecular formula is C38H35NO5P2. The number of nitrogens with one attached hydrogen (secondary N) is 1. The molecule has 0 heterocycles. The first-order valence-corrected chi connectivity index (χ1v) is 18.0. The van der Waals surface area contributed by atoms with Crippen LogP contribution in [0.4, 0.5) is 4.79 Å². The van der Waals surface area contributed by atoms with Crippen LogP contribution < -0.4 is 15.4 Å². The fraction of sp³-hybridized carbons (Fsp3) is 0.158. The van der Waals surface area contributed by atoms with Crippen LogP contribution >= 0.6 is 17.2 Å². The first-order valence-electron chi connectivity index (χ1n) is 15.1. The molecule has 0 fully saturated rings. The third-order valence-electron chi connectivity index (χ3n) is 8.08. The smallest absolute Gasteiger partial charge is 0.407 e. The maximum absolute atomic E-state index is 12.6. The maximum Gasteiger partial charge on any atom is 0.407 e. The number of esters is 1. The van der Waals surface area contributed by atoms with Crippen LogP contribution in [-0.4, -0.2) is 24.7 Å². The molecule has 0 aliphatic heterocycles. The first-order chi connectivity index (χ1) is 22.5. The highest BCUT2D eigenvalue weighted by atomic mass is 32.0. The number of benzene rings is 5. The molecule has 5 aromatic carbocycles. The number of carbonyl (C=O) groups excluding carboxylic acids is 2. The number of rotatable bonds is 11. The van der Waals surface area contributed by atoms with Crippen LogP contribution in [0.3, 0.4) is 0 Å². The zero-order valence-corrected chi connectivity index (χ0v) is 27.6. The molecule has 46 heavy (non-hydrogen) atoms. The molecular weight excluding hydrogens is 612 g/mol. The number of carbonyl (C=O) groups is 2. The molecule has 6 rings (SSSR count). The van der Waals surface area contributed by atoms with Crippen molar-refractivity contribution in [2.45, 2.75) is 32.1 Å². The van der Waals surface area contributed by atoms with Crippen LogP contribution in [0, 0.1) is 0 Å². The van der Waals surface area contributed by atoms with Gasteiger partial charge in [-0.25, -0.2) is 9.59 Å². The Hall–Kier alpha value is -4.50. The highest BCUT2D eigenvalue weighted by Gasteiger charge is 2.29. The molecule has 1 N–H and O–H groups in total. The van der Waals surface area contributed by atoms with E-state index in [-0.39, 0.29) is 19.1 Å². The lowest BCUT2D eigenvalue weighted by molar-refractivity contribution is -0.146. The lowest BCUT2D eigenvalue weighted by Crippen LogP contribution is -2.40. The topological polar surface area (TPSA) is 73.9 Å². The second-order valence-electron chi connectivity index (χ2n) is 11.2. The molecule has 0 saturated heterocycles. The molecule has 3 unspecified atom stereocenters. The summed E-state index contributed by atoms with van der Waals surface area (Å²) in [4.78, 5) is 25.2. The van der Waals surface area contributed by atoms with Crippen molar-refractivity contribution in [3.63, 3.8) is 0 Å². The number of alkyl carbamates (subject to hydrolysis) is 1. The summed E-state index contributed by atoms with van der Waals surface area (Å²) in [7, 11) is 3.49. The van der Waals surface area contributed by atoms with Gasteiger partial charge in [0.2, 0.25) is 0 Å². The standard InChI is InChI=1S/C38H35NO5P2/c1-25(39-38(41)44-24-36-34-8-4-2-6-32(34)33-7-3-5-9-35(33)36)37(40)43-23-27-12-18-30(19-13-27)42-22-26-10-14-28(15-11-26)29-16-20-31(46-45)21-17-29/h2-21,25,36,46H,22-24,45H2,1H3,(H,39,41). The summed E-state index contributed by atoms with van der Waals surface area (Å²) in [5.41, 5.74) is 8.81. The summed E-state index contributed by atoms with van der Waals surface area (Å²) >= 11 is 0. The third kappa shape index (κ3) is 7.48. The van der Waals surface area contributed by atoms with Crippen molar-refractivity contribution >= 4 is 34.6 Å². The summed E-state index contributed by atoms with van der Waals surface area (Å²) in [6.45, 7) is 2.28. The van der Waals surface area contributed by atoms with E-state index in [4.69, 9.17) is 14.2 Å². The zero-order chi connectivity index (χ0) is 31.9. The van der Waals surface area contributed by atoms with Gasteiger partial charge in [0.1, 0.15) is 31.6 Å². The van der Waals surface area contributed by atoms with Gasteiger partial charge in [-0.3, -0.25) is 0 Å². The van der Waals surface area contributed by atoms with Gasteiger partial charge in [-0.05, 0) is 68.9 Å². The van der Waals surface area contributed by atoms with Crippen molar-refractivity contribution in [1.82, 2.24) is 5.32 Å². The Morgan fingerprint density at radius 2 is 1.26 bits per heavy atom. The number of hydrogen-bond acceptors (Lipinski definition) is 5. The van der Waals surface area contributed by atoms with Crippen molar-refractivity contribution in [2.75, 3.05) is 6.61 Å². The summed E-state index contributed by atoms with van der Waals surface area (Å²) < 4.78 is 17.0. The van der Waals surface area contributed by atoms with Crippen LogP contribution in [0.5, 0.6) is 5.75 Å². The molecule has 0 bridgehead atoms. The molecule has 0 saturated carbocycles. The Labute approximate surface area is 273 Å². The minimum absolute atomic E-state index is 0.0543. The minimum Gasteiger partial charge on any atom is -0.489 e. The van der Waals surface area contributed by atoms with E-state index in [1.807, 2.05) is 48.5 Å². The Morgan fingerprint density at radius 1 is 0.717 bits per heavy atom. The molecule has 3 atom stereocenters. The van der Waals surface area contributed by atoms with Crippen LogP contribution in [-0.2, 0) is 27.5 Å². The number of amides is 1. The Balaban J connectivity index is 0.930. The predicted molar refractivity (Wildman–Crippen MR) is 188 cm³/mol. The lowest BCUT2D eigenvalue weighted by Gasteiger charge is -2.17. The number of ether oxygens (including phenoxy) is 3. The molecule has 0 radical (unpaired) electrons. The fourth-order valence-corrected chi connectivity index (χ4v) is 6.49. The summed E-state index contributed by atoms with van der Waals surface area (Å²) in [6, 6.07) is 39.8. The van der Waals surface area contributed by atoms with Crippen LogP contribution in [0.25, 0.3) is 22.3 Å². The highest BCUT2D eigenvalue weighted by molar-refractivity contribution is 8.06. The van der Waals surface area contributed by atoms with E-state index in [0.29, 0.717) is 14.9 Å². The number of hydrogen-bond donors (Lipinski definition) is 1. The molecule has 1 amide bonds. The summed E-state index contributed by atoms with van der Waals surface area (Å²) in [5.74, 6) is 0.123. The van der Waals surface area contributed by atoms with E-state index < -0.39 is 18.1 Å². The van der Waals surface area contributed by atoms with Crippen molar-refractivity contribution in [1.29, 1.82) is 0 Å². The summed E-state index contributed by atoms with van der Waals surface area (Å²) in [6.07, 6.45) is -0.660. The lowest BCUT2D eigenvalue weighted by atomic mass is 9.98. The molecule has 6 nitrogen and oxygen atoms in total. The first kappa shape index (κ1) is 31.5. The van der Waals surface area contributed by atoms with E-state index in [2.05, 4.69) is 87.0 Å². The summed E-state index contributed by atoms with van der Waals surface area (Å²) in [5, 5.41) is 3.91. The van der Waals surface area contributed by atoms with Gasteiger partial charge in [-0.2, -0.15) is 0 Å². The average Bonchev–Trinajstić information content (AvgIpc) is 3.43. The zero-order valence-electron chi connectivity index (χ0n) is 25.4. The van der Waals surface area contributed by atoms with Crippen molar-refractivity contribution in [3.8, 4) is 28.0 Å². The van der Waals surface area contributed by atoms with Gasteiger partial charge in [-0.1, -0.05) is 117 Å². The van der Waals surface area contributed by atoms with E-state index in [0.717, 1.165) is 39.1 Å². The van der Waals surface area contributed by atoms with Gasteiger partial charge >= 0.3 is 12.1 Å². The fourth-order valence-electron chi connectivity index (χ4n) is 5.56. The second-order valence-corrected chi connectivity index (χ2v) is 12.9.